The summed E-state index contributed by atoms with van der Waals surface area (Å²) in [5, 5.41) is 10.8. The van der Waals surface area contributed by atoms with Crippen LogP contribution in [-0.4, -0.2) is 33.8 Å². The zero-order valence-corrected chi connectivity index (χ0v) is 16.1. The first kappa shape index (κ1) is 18.9. The Morgan fingerprint density at radius 2 is 1.79 bits per heavy atom. The van der Waals surface area contributed by atoms with E-state index in [0.717, 1.165) is 31.2 Å². The Morgan fingerprint density at radius 3 is 2.57 bits per heavy atom. The van der Waals surface area contributed by atoms with Crippen LogP contribution in [0.5, 0.6) is 0 Å². The van der Waals surface area contributed by atoms with Crippen molar-refractivity contribution in [1.29, 1.82) is 0 Å². The van der Waals surface area contributed by atoms with E-state index in [0.29, 0.717) is 19.0 Å². The van der Waals surface area contributed by atoms with Crippen LogP contribution in [0.15, 0.2) is 54.6 Å². The predicted octanol–water partition coefficient (Wildman–Crippen LogP) is 3.30. The molecule has 28 heavy (non-hydrogen) atoms. The van der Waals surface area contributed by atoms with Gasteiger partial charge in [0, 0.05) is 25.9 Å². The average Bonchev–Trinajstić information content (AvgIpc) is 3.02. The number of hydrogen-bond acceptors (Lipinski definition) is 3. The van der Waals surface area contributed by atoms with E-state index in [9.17, 15) is 14.7 Å². The van der Waals surface area contributed by atoms with Crippen LogP contribution in [0.4, 0.5) is 0 Å². The van der Waals surface area contributed by atoms with Crippen LogP contribution >= 0.6 is 0 Å². The molecule has 0 radical (unpaired) electrons. The zero-order chi connectivity index (χ0) is 19.6. The molecule has 146 valence electrons. The first-order valence-electron chi connectivity index (χ1n) is 10.2. The Morgan fingerprint density at radius 1 is 1.07 bits per heavy atom. The van der Waals surface area contributed by atoms with Crippen molar-refractivity contribution in [3.63, 3.8) is 0 Å². The highest BCUT2D eigenvalue weighted by molar-refractivity contribution is 6.10. The molecule has 1 saturated heterocycles. The zero-order valence-electron chi connectivity index (χ0n) is 16.1. The molecule has 4 rings (SSSR count). The molecule has 2 aromatic rings. The van der Waals surface area contributed by atoms with Crippen LogP contribution in [0, 0.1) is 5.92 Å². The lowest BCUT2D eigenvalue weighted by Crippen LogP contribution is -2.46. The van der Waals surface area contributed by atoms with Gasteiger partial charge in [0.15, 0.2) is 5.78 Å². The third-order valence-corrected chi connectivity index (χ3v) is 6.29. The monoisotopic (exact) mass is 377 g/mol. The standard InChI is InChI=1S/C24H27NO3/c26-22(13-11-18-10-12-20-8-4-5-9-21(20)16-18)24(28)14-15-25(23(24)27)17-19-6-2-1-3-7-19/h1-9,18,28H,10-17H2. The van der Waals surface area contributed by atoms with E-state index in [1.807, 2.05) is 30.3 Å². The van der Waals surface area contributed by atoms with Crippen LogP contribution in [0.1, 0.15) is 42.4 Å². The number of carbonyl (C=O) groups excluding carboxylic acids is 2. The van der Waals surface area contributed by atoms with Gasteiger partial charge >= 0.3 is 0 Å². The fourth-order valence-corrected chi connectivity index (χ4v) is 4.54. The number of hydrogen-bond donors (Lipinski definition) is 1. The van der Waals surface area contributed by atoms with E-state index in [2.05, 4.69) is 24.3 Å². The number of aliphatic hydroxyl groups is 1. The quantitative estimate of drug-likeness (QED) is 0.786. The van der Waals surface area contributed by atoms with E-state index in [-0.39, 0.29) is 18.6 Å². The second-order valence-electron chi connectivity index (χ2n) is 8.16. The number of benzene rings is 2. The van der Waals surface area contributed by atoms with E-state index in [1.54, 1.807) is 4.90 Å². The molecule has 1 fully saturated rings. The maximum absolute atomic E-state index is 12.8. The molecule has 2 atom stereocenters. The van der Waals surface area contributed by atoms with Crippen molar-refractivity contribution in [2.75, 3.05) is 6.54 Å². The molecule has 0 bridgehead atoms. The Bertz CT molecular complexity index is 863. The summed E-state index contributed by atoms with van der Waals surface area (Å²) in [4.78, 5) is 27.1. The van der Waals surface area contributed by atoms with Crippen molar-refractivity contribution in [2.45, 2.75) is 50.7 Å². The summed E-state index contributed by atoms with van der Waals surface area (Å²) in [5.41, 5.74) is 1.96. The minimum atomic E-state index is -1.83. The van der Waals surface area contributed by atoms with Crippen molar-refractivity contribution in [1.82, 2.24) is 4.90 Å². The number of amides is 1. The predicted molar refractivity (Wildman–Crippen MR) is 108 cm³/mol. The molecule has 4 heteroatoms. The van der Waals surface area contributed by atoms with Gasteiger partial charge in [-0.2, -0.15) is 0 Å². The van der Waals surface area contributed by atoms with Gasteiger partial charge in [-0.3, -0.25) is 9.59 Å². The van der Waals surface area contributed by atoms with Crippen molar-refractivity contribution in [2.24, 2.45) is 5.92 Å². The van der Waals surface area contributed by atoms with Gasteiger partial charge in [-0.15, -0.1) is 0 Å². The van der Waals surface area contributed by atoms with Gasteiger partial charge in [0.05, 0.1) is 0 Å². The molecule has 2 aliphatic rings. The van der Waals surface area contributed by atoms with Gasteiger partial charge in [-0.1, -0.05) is 54.6 Å². The normalized spacial score (nSPS) is 24.2. The van der Waals surface area contributed by atoms with Gasteiger partial charge < -0.3 is 10.0 Å². The maximum atomic E-state index is 12.8. The Kier molecular flexibility index (Phi) is 5.31. The van der Waals surface area contributed by atoms with E-state index < -0.39 is 11.5 Å². The topological polar surface area (TPSA) is 57.6 Å². The second-order valence-corrected chi connectivity index (χ2v) is 8.16. The number of aryl methyl sites for hydroxylation is 1. The summed E-state index contributed by atoms with van der Waals surface area (Å²) in [5.74, 6) is -0.304. The summed E-state index contributed by atoms with van der Waals surface area (Å²) in [6.07, 6.45) is 4.30. The van der Waals surface area contributed by atoms with Crippen LogP contribution in [0.2, 0.25) is 0 Å². The molecule has 4 nitrogen and oxygen atoms in total. The first-order valence-corrected chi connectivity index (χ1v) is 10.2. The third kappa shape index (κ3) is 3.74. The highest BCUT2D eigenvalue weighted by atomic mass is 16.3. The number of Topliss-reactive ketones (excluding diaryl/α,β-unsaturated/α-hetero) is 1. The lowest BCUT2D eigenvalue weighted by atomic mass is 9.80. The average molecular weight is 377 g/mol. The number of carbonyl (C=O) groups is 2. The summed E-state index contributed by atoms with van der Waals surface area (Å²) in [6.45, 7) is 0.863. The van der Waals surface area contributed by atoms with E-state index in [4.69, 9.17) is 0 Å². The third-order valence-electron chi connectivity index (χ3n) is 6.29. The minimum Gasteiger partial charge on any atom is -0.373 e. The van der Waals surface area contributed by atoms with Gasteiger partial charge in [-0.25, -0.2) is 0 Å². The summed E-state index contributed by atoms with van der Waals surface area (Å²) in [7, 11) is 0. The van der Waals surface area contributed by atoms with Crippen molar-refractivity contribution >= 4 is 11.7 Å². The van der Waals surface area contributed by atoms with Gasteiger partial charge in [-0.05, 0) is 48.3 Å². The lowest BCUT2D eigenvalue weighted by molar-refractivity contribution is -0.153. The molecule has 1 amide bonds. The molecule has 0 spiro atoms. The van der Waals surface area contributed by atoms with Crippen molar-refractivity contribution in [3.8, 4) is 0 Å². The van der Waals surface area contributed by atoms with Gasteiger partial charge in [0.1, 0.15) is 0 Å². The molecule has 1 aliphatic heterocycles. The largest absolute Gasteiger partial charge is 0.373 e. The van der Waals surface area contributed by atoms with E-state index >= 15 is 0 Å². The Labute approximate surface area is 166 Å². The van der Waals surface area contributed by atoms with Crippen molar-refractivity contribution < 1.29 is 14.7 Å². The number of likely N-dealkylation sites (tertiary alicyclic amines) is 1. The molecule has 2 aromatic carbocycles. The number of nitrogens with zero attached hydrogens (tertiary/aromatic N) is 1. The number of rotatable bonds is 6. The van der Waals surface area contributed by atoms with E-state index in [1.165, 1.54) is 11.1 Å². The molecule has 0 saturated carbocycles. The van der Waals surface area contributed by atoms with Crippen LogP contribution in [-0.2, 0) is 29.0 Å². The van der Waals surface area contributed by atoms with Gasteiger partial charge in [0.2, 0.25) is 5.60 Å². The number of ketones is 1. The van der Waals surface area contributed by atoms with Crippen molar-refractivity contribution in [3.05, 3.63) is 71.3 Å². The van der Waals surface area contributed by atoms with Crippen LogP contribution in [0.3, 0.4) is 0 Å². The molecule has 1 heterocycles. The highest BCUT2D eigenvalue weighted by Gasteiger charge is 2.50. The fourth-order valence-electron chi connectivity index (χ4n) is 4.54. The summed E-state index contributed by atoms with van der Waals surface area (Å²) >= 11 is 0. The minimum absolute atomic E-state index is 0.199. The molecule has 1 N–H and O–H groups in total. The highest BCUT2D eigenvalue weighted by Crippen LogP contribution is 2.31. The SMILES string of the molecule is O=C(CCC1CCc2ccccc2C1)C1(O)CCN(Cc2ccccc2)C1=O. The van der Waals surface area contributed by atoms with Crippen LogP contribution in [0.25, 0.3) is 0 Å². The molecular formula is C24H27NO3. The first-order chi connectivity index (χ1) is 13.6. The smallest absolute Gasteiger partial charge is 0.262 e. The van der Waals surface area contributed by atoms with Crippen LogP contribution < -0.4 is 0 Å². The van der Waals surface area contributed by atoms with Gasteiger partial charge in [0.25, 0.3) is 5.91 Å². The summed E-state index contributed by atoms with van der Waals surface area (Å²) in [6, 6.07) is 18.2. The Hall–Kier alpha value is -2.46. The Balaban J connectivity index is 1.34. The molecular weight excluding hydrogens is 350 g/mol. The summed E-state index contributed by atoms with van der Waals surface area (Å²) < 4.78 is 0. The molecule has 2 unspecified atom stereocenters. The fraction of sp³-hybridized carbons (Fsp3) is 0.417. The second kappa shape index (κ2) is 7.88. The number of fused-ring (bicyclic) bond motifs is 1. The lowest BCUT2D eigenvalue weighted by Gasteiger charge is -2.26. The maximum Gasteiger partial charge on any atom is 0.262 e. The molecule has 1 aliphatic carbocycles. The molecule has 0 aromatic heterocycles.